The maximum absolute atomic E-state index is 13.1. The highest BCUT2D eigenvalue weighted by Gasteiger charge is 2.15. The number of esters is 1. The number of anilines is 1. The third-order valence-corrected chi connectivity index (χ3v) is 2.49. The molecule has 0 saturated carbocycles. The summed E-state index contributed by atoms with van der Waals surface area (Å²) < 4.78 is 17.8. The third kappa shape index (κ3) is 6.50. The molecule has 23 heavy (non-hydrogen) atoms. The second kappa shape index (κ2) is 8.41. The highest BCUT2D eigenvalue weighted by atomic mass is 19.1. The maximum Gasteiger partial charge on any atom is 0.308 e. The van der Waals surface area contributed by atoms with Gasteiger partial charge in [-0.3, -0.25) is 24.5 Å². The van der Waals surface area contributed by atoms with E-state index in [1.165, 1.54) is 6.92 Å². The molecule has 9 nitrogen and oxygen atoms in total. The number of nitro benzene ring substituents is 1. The van der Waals surface area contributed by atoms with Crippen molar-refractivity contribution in [3.63, 3.8) is 0 Å². The quantitative estimate of drug-likeness (QED) is 0.432. The first-order valence-corrected chi connectivity index (χ1v) is 6.43. The summed E-state index contributed by atoms with van der Waals surface area (Å²) in [5.41, 5.74) is -0.785. The molecular weight excluding hydrogens is 313 g/mol. The Balaban J connectivity index is 2.45. The second-order valence-electron chi connectivity index (χ2n) is 4.37. The minimum Gasteiger partial charge on any atom is -0.456 e. The van der Waals surface area contributed by atoms with E-state index in [0.29, 0.717) is 0 Å². The fourth-order valence-corrected chi connectivity index (χ4v) is 1.49. The van der Waals surface area contributed by atoms with Gasteiger partial charge >= 0.3 is 11.7 Å². The number of nitrogens with zero attached hydrogens (tertiary/aromatic N) is 1. The van der Waals surface area contributed by atoms with Crippen LogP contribution in [0.1, 0.15) is 13.3 Å². The van der Waals surface area contributed by atoms with E-state index in [1.54, 1.807) is 0 Å². The average Bonchev–Trinajstić information content (AvgIpc) is 2.46. The van der Waals surface area contributed by atoms with Crippen LogP contribution in [0.3, 0.4) is 0 Å². The number of amides is 2. The molecule has 10 heteroatoms. The molecule has 2 N–H and O–H groups in total. The molecule has 0 unspecified atom stereocenters. The molecule has 0 heterocycles. The molecular formula is C13H14FN3O6. The normalized spacial score (nSPS) is 9.83. The third-order valence-electron chi connectivity index (χ3n) is 2.49. The summed E-state index contributed by atoms with van der Waals surface area (Å²) in [6.45, 7) is 0.769. The van der Waals surface area contributed by atoms with Gasteiger partial charge in [0.25, 0.3) is 5.91 Å². The molecule has 0 radical (unpaired) electrons. The van der Waals surface area contributed by atoms with Gasteiger partial charge in [0.2, 0.25) is 11.7 Å². The van der Waals surface area contributed by atoms with Crippen LogP contribution in [0.15, 0.2) is 18.2 Å². The van der Waals surface area contributed by atoms with Gasteiger partial charge < -0.3 is 15.4 Å². The Morgan fingerprint density at radius 2 is 2.04 bits per heavy atom. The Hall–Kier alpha value is -3.04. The molecule has 0 aliphatic heterocycles. The molecule has 0 aliphatic rings. The van der Waals surface area contributed by atoms with Crippen molar-refractivity contribution in [2.24, 2.45) is 0 Å². The molecule has 0 aromatic heterocycles. The molecule has 1 rings (SSSR count). The topological polar surface area (TPSA) is 128 Å². The summed E-state index contributed by atoms with van der Waals surface area (Å²) >= 11 is 0. The molecule has 0 atom stereocenters. The molecule has 124 valence electrons. The zero-order valence-electron chi connectivity index (χ0n) is 12.1. The summed E-state index contributed by atoms with van der Waals surface area (Å²) in [5, 5.41) is 15.2. The first-order valence-electron chi connectivity index (χ1n) is 6.43. The summed E-state index contributed by atoms with van der Waals surface area (Å²) in [4.78, 5) is 43.1. The Labute approximate surface area is 130 Å². The minimum atomic E-state index is -1.03. The highest BCUT2D eigenvalue weighted by molar-refractivity contribution is 5.93. The van der Waals surface area contributed by atoms with Crippen molar-refractivity contribution in [2.75, 3.05) is 18.5 Å². The molecule has 2 amide bonds. The van der Waals surface area contributed by atoms with E-state index in [2.05, 4.69) is 15.4 Å². The second-order valence-corrected chi connectivity index (χ2v) is 4.37. The number of rotatable bonds is 7. The molecule has 1 aromatic rings. The van der Waals surface area contributed by atoms with Crippen LogP contribution in [0.25, 0.3) is 0 Å². The number of benzene rings is 1. The zero-order chi connectivity index (χ0) is 17.4. The van der Waals surface area contributed by atoms with Gasteiger partial charge in [0.05, 0.1) is 11.3 Å². The van der Waals surface area contributed by atoms with Gasteiger partial charge in [-0.05, 0) is 12.1 Å². The summed E-state index contributed by atoms with van der Waals surface area (Å²) in [6.07, 6.45) is -0.102. The maximum atomic E-state index is 13.1. The van der Waals surface area contributed by atoms with Crippen molar-refractivity contribution in [3.05, 3.63) is 34.1 Å². The lowest BCUT2D eigenvalue weighted by Gasteiger charge is -2.07. The SMILES string of the molecule is CC(=O)NCCC(=O)OCC(=O)Nc1ccc(F)c([N+](=O)[O-])c1. The summed E-state index contributed by atoms with van der Waals surface area (Å²) in [6, 6.07) is 2.83. The van der Waals surface area contributed by atoms with Crippen LogP contribution in [-0.4, -0.2) is 35.9 Å². The average molecular weight is 327 g/mol. The smallest absolute Gasteiger partial charge is 0.308 e. The number of nitro groups is 1. The summed E-state index contributed by atoms with van der Waals surface area (Å²) in [7, 11) is 0. The minimum absolute atomic E-state index is 0.00241. The van der Waals surface area contributed by atoms with Gasteiger partial charge in [-0.25, -0.2) is 0 Å². The van der Waals surface area contributed by atoms with E-state index in [9.17, 15) is 28.9 Å². The number of hydrogen-bond acceptors (Lipinski definition) is 6. The van der Waals surface area contributed by atoms with E-state index in [-0.39, 0.29) is 24.6 Å². The van der Waals surface area contributed by atoms with Crippen LogP contribution in [0.5, 0.6) is 0 Å². The van der Waals surface area contributed by atoms with Crippen molar-refractivity contribution >= 4 is 29.2 Å². The van der Waals surface area contributed by atoms with Gasteiger partial charge in [0, 0.05) is 25.2 Å². The lowest BCUT2D eigenvalue weighted by atomic mass is 10.2. The number of hydrogen-bond donors (Lipinski definition) is 2. The van der Waals surface area contributed by atoms with Crippen LogP contribution in [0.4, 0.5) is 15.8 Å². The zero-order valence-corrected chi connectivity index (χ0v) is 12.1. The predicted octanol–water partition coefficient (Wildman–Crippen LogP) is 0.742. The van der Waals surface area contributed by atoms with Crippen LogP contribution in [0, 0.1) is 15.9 Å². The first-order chi connectivity index (χ1) is 10.8. The van der Waals surface area contributed by atoms with E-state index < -0.39 is 34.9 Å². The van der Waals surface area contributed by atoms with E-state index in [4.69, 9.17) is 0 Å². The molecule has 1 aromatic carbocycles. The highest BCUT2D eigenvalue weighted by Crippen LogP contribution is 2.21. The molecule has 0 bridgehead atoms. The monoisotopic (exact) mass is 327 g/mol. The standard InChI is InChI=1S/C13H14FN3O6/c1-8(18)15-5-4-13(20)23-7-12(19)16-9-2-3-10(14)11(6-9)17(21)22/h2-3,6H,4-5,7H2,1H3,(H,15,18)(H,16,19). The Morgan fingerprint density at radius 1 is 1.35 bits per heavy atom. The largest absolute Gasteiger partial charge is 0.456 e. The van der Waals surface area contributed by atoms with E-state index in [0.717, 1.165) is 18.2 Å². The van der Waals surface area contributed by atoms with Crippen LogP contribution in [0.2, 0.25) is 0 Å². The number of halogens is 1. The lowest BCUT2D eigenvalue weighted by Crippen LogP contribution is -2.25. The predicted molar refractivity (Wildman–Crippen MR) is 75.9 cm³/mol. The van der Waals surface area contributed by atoms with Gasteiger partial charge in [0.15, 0.2) is 6.61 Å². The lowest BCUT2D eigenvalue weighted by molar-refractivity contribution is -0.387. The first kappa shape index (κ1) is 18.0. The van der Waals surface area contributed by atoms with E-state index >= 15 is 0 Å². The molecule has 0 aliphatic carbocycles. The molecule has 0 saturated heterocycles. The van der Waals surface area contributed by atoms with Gasteiger partial charge in [-0.15, -0.1) is 0 Å². The van der Waals surface area contributed by atoms with Crippen LogP contribution >= 0.6 is 0 Å². The Kier molecular flexibility index (Phi) is 6.59. The number of carbonyl (C=O) groups is 3. The number of nitrogens with one attached hydrogen (secondary N) is 2. The Bertz CT molecular complexity index is 634. The van der Waals surface area contributed by atoms with E-state index in [1.807, 2.05) is 0 Å². The summed E-state index contributed by atoms with van der Waals surface area (Å²) in [5.74, 6) is -2.76. The fraction of sp³-hybridized carbons (Fsp3) is 0.308. The van der Waals surface area contributed by atoms with Crippen molar-refractivity contribution in [2.45, 2.75) is 13.3 Å². The Morgan fingerprint density at radius 3 is 2.65 bits per heavy atom. The van der Waals surface area contributed by atoms with Crippen molar-refractivity contribution in [1.29, 1.82) is 0 Å². The van der Waals surface area contributed by atoms with Gasteiger partial charge in [-0.1, -0.05) is 0 Å². The van der Waals surface area contributed by atoms with Crippen molar-refractivity contribution < 1.29 is 28.4 Å². The molecule has 0 fully saturated rings. The molecule has 0 spiro atoms. The van der Waals surface area contributed by atoms with Gasteiger partial charge in [-0.2, -0.15) is 4.39 Å². The van der Waals surface area contributed by atoms with Crippen LogP contribution < -0.4 is 10.6 Å². The number of ether oxygens (including phenoxy) is 1. The number of carbonyl (C=O) groups excluding carboxylic acids is 3. The fourth-order valence-electron chi connectivity index (χ4n) is 1.49. The van der Waals surface area contributed by atoms with Crippen LogP contribution in [-0.2, 0) is 19.1 Å². The van der Waals surface area contributed by atoms with Crippen molar-refractivity contribution in [1.82, 2.24) is 5.32 Å². The van der Waals surface area contributed by atoms with Gasteiger partial charge in [0.1, 0.15) is 0 Å². The van der Waals surface area contributed by atoms with Crippen molar-refractivity contribution in [3.8, 4) is 0 Å².